The van der Waals surface area contributed by atoms with Gasteiger partial charge in [-0.3, -0.25) is 0 Å². The highest BCUT2D eigenvalue weighted by Gasteiger charge is 2.01. The standard InChI is InChI=1S/C12H8ClFO/c13-11-3-1-2-4-12(11)15-10-7-5-9(14)6-8-10/h1-8H. The smallest absolute Gasteiger partial charge is 0.146 e. The molecule has 0 saturated carbocycles. The minimum absolute atomic E-state index is 0.290. The van der Waals surface area contributed by atoms with Crippen LogP contribution < -0.4 is 4.74 Å². The average Bonchev–Trinajstić information content (AvgIpc) is 2.25. The molecule has 0 saturated heterocycles. The predicted octanol–water partition coefficient (Wildman–Crippen LogP) is 4.27. The van der Waals surface area contributed by atoms with Gasteiger partial charge in [-0.2, -0.15) is 0 Å². The monoisotopic (exact) mass is 222 g/mol. The summed E-state index contributed by atoms with van der Waals surface area (Å²) in [5, 5.41) is 0.529. The van der Waals surface area contributed by atoms with Crippen LogP contribution >= 0.6 is 11.6 Å². The van der Waals surface area contributed by atoms with E-state index in [4.69, 9.17) is 16.3 Å². The maximum atomic E-state index is 12.6. The van der Waals surface area contributed by atoms with Gasteiger partial charge in [0.15, 0.2) is 0 Å². The van der Waals surface area contributed by atoms with Crippen LogP contribution in [0.3, 0.4) is 0 Å². The third-order valence-corrected chi connectivity index (χ3v) is 2.19. The lowest BCUT2D eigenvalue weighted by molar-refractivity contribution is 0.481. The number of hydrogen-bond donors (Lipinski definition) is 0. The lowest BCUT2D eigenvalue weighted by Gasteiger charge is -2.06. The third kappa shape index (κ3) is 2.48. The summed E-state index contributed by atoms with van der Waals surface area (Å²) in [6, 6.07) is 12.9. The molecule has 0 amide bonds. The Morgan fingerprint density at radius 2 is 1.60 bits per heavy atom. The van der Waals surface area contributed by atoms with Gasteiger partial charge in [-0.05, 0) is 36.4 Å². The maximum absolute atomic E-state index is 12.6. The van der Waals surface area contributed by atoms with Crippen molar-refractivity contribution >= 4 is 11.6 Å². The van der Waals surface area contributed by atoms with Gasteiger partial charge >= 0.3 is 0 Å². The van der Waals surface area contributed by atoms with Crippen LogP contribution in [-0.4, -0.2) is 0 Å². The van der Waals surface area contributed by atoms with Crippen molar-refractivity contribution in [3.8, 4) is 11.5 Å². The number of ether oxygens (including phenoxy) is 1. The van der Waals surface area contributed by atoms with Crippen LogP contribution in [-0.2, 0) is 0 Å². The van der Waals surface area contributed by atoms with Crippen molar-refractivity contribution < 1.29 is 9.13 Å². The molecule has 1 nitrogen and oxygen atoms in total. The molecule has 2 rings (SSSR count). The van der Waals surface area contributed by atoms with Gasteiger partial charge in [0.05, 0.1) is 5.02 Å². The Bertz CT molecular complexity index is 453. The molecule has 0 fully saturated rings. The van der Waals surface area contributed by atoms with Gasteiger partial charge in [-0.15, -0.1) is 0 Å². The fraction of sp³-hybridized carbons (Fsp3) is 0. The maximum Gasteiger partial charge on any atom is 0.146 e. The van der Waals surface area contributed by atoms with E-state index in [9.17, 15) is 4.39 Å². The highest BCUT2D eigenvalue weighted by molar-refractivity contribution is 6.32. The molecular weight excluding hydrogens is 215 g/mol. The van der Waals surface area contributed by atoms with E-state index in [1.165, 1.54) is 12.1 Å². The van der Waals surface area contributed by atoms with E-state index >= 15 is 0 Å². The van der Waals surface area contributed by atoms with E-state index in [1.807, 2.05) is 12.1 Å². The molecule has 0 aliphatic rings. The first-order valence-corrected chi connectivity index (χ1v) is 4.81. The molecule has 0 heterocycles. The summed E-state index contributed by atoms with van der Waals surface area (Å²) in [5.74, 6) is 0.830. The van der Waals surface area contributed by atoms with Gasteiger partial charge in [0.2, 0.25) is 0 Å². The Kier molecular flexibility index (Phi) is 2.88. The van der Waals surface area contributed by atoms with Crippen LogP contribution in [0.4, 0.5) is 4.39 Å². The van der Waals surface area contributed by atoms with E-state index < -0.39 is 0 Å². The molecule has 0 aliphatic carbocycles. The van der Waals surface area contributed by atoms with Crippen LogP contribution in [0.2, 0.25) is 5.02 Å². The molecule has 0 aliphatic heterocycles. The zero-order valence-electron chi connectivity index (χ0n) is 7.78. The Balaban J connectivity index is 2.22. The molecule has 2 aromatic rings. The average molecular weight is 223 g/mol. The quantitative estimate of drug-likeness (QED) is 0.737. The number of hydrogen-bond acceptors (Lipinski definition) is 1. The molecule has 0 bridgehead atoms. The summed E-state index contributed by atoms with van der Waals surface area (Å²) < 4.78 is 18.1. The fourth-order valence-electron chi connectivity index (χ4n) is 1.16. The molecule has 0 N–H and O–H groups in total. The zero-order chi connectivity index (χ0) is 10.7. The normalized spacial score (nSPS) is 10.0. The molecule has 15 heavy (non-hydrogen) atoms. The lowest BCUT2D eigenvalue weighted by Crippen LogP contribution is -1.84. The third-order valence-electron chi connectivity index (χ3n) is 1.88. The van der Waals surface area contributed by atoms with Crippen LogP contribution in [0.15, 0.2) is 48.5 Å². The van der Waals surface area contributed by atoms with Crippen molar-refractivity contribution in [3.63, 3.8) is 0 Å². The number of halogens is 2. The molecule has 0 aromatic heterocycles. The Hall–Kier alpha value is -1.54. The summed E-state index contributed by atoms with van der Waals surface area (Å²) in [4.78, 5) is 0. The zero-order valence-corrected chi connectivity index (χ0v) is 8.54. The van der Waals surface area contributed by atoms with Crippen molar-refractivity contribution in [2.45, 2.75) is 0 Å². The fourth-order valence-corrected chi connectivity index (χ4v) is 1.33. The molecule has 0 spiro atoms. The first-order valence-electron chi connectivity index (χ1n) is 4.43. The first-order chi connectivity index (χ1) is 7.25. The predicted molar refractivity (Wildman–Crippen MR) is 57.9 cm³/mol. The van der Waals surface area contributed by atoms with E-state index in [0.717, 1.165) is 0 Å². The minimum Gasteiger partial charge on any atom is -0.456 e. The number of para-hydroxylation sites is 1. The summed E-state index contributed by atoms with van der Waals surface area (Å²) >= 11 is 5.91. The van der Waals surface area contributed by atoms with Crippen molar-refractivity contribution in [3.05, 3.63) is 59.4 Å². The van der Waals surface area contributed by atoms with Gasteiger partial charge in [-0.1, -0.05) is 23.7 Å². The molecule has 0 unspecified atom stereocenters. The molecule has 2 aromatic carbocycles. The SMILES string of the molecule is Fc1ccc(Oc2ccccc2Cl)cc1. The minimum atomic E-state index is -0.290. The second-order valence-corrected chi connectivity index (χ2v) is 3.39. The molecule has 76 valence electrons. The lowest BCUT2D eigenvalue weighted by atomic mass is 10.3. The molecule has 0 atom stereocenters. The van der Waals surface area contributed by atoms with Crippen molar-refractivity contribution in [2.24, 2.45) is 0 Å². The Labute approximate surface area is 92.1 Å². The van der Waals surface area contributed by atoms with Gasteiger partial charge in [0, 0.05) is 0 Å². The Morgan fingerprint density at radius 3 is 2.27 bits per heavy atom. The summed E-state index contributed by atoms with van der Waals surface area (Å²) in [6.07, 6.45) is 0. The second kappa shape index (κ2) is 4.32. The van der Waals surface area contributed by atoms with Crippen molar-refractivity contribution in [1.82, 2.24) is 0 Å². The molecule has 0 radical (unpaired) electrons. The van der Waals surface area contributed by atoms with Crippen LogP contribution in [0.5, 0.6) is 11.5 Å². The highest BCUT2D eigenvalue weighted by atomic mass is 35.5. The summed E-state index contributed by atoms with van der Waals surface area (Å²) in [6.45, 7) is 0. The van der Waals surface area contributed by atoms with Crippen LogP contribution in [0.25, 0.3) is 0 Å². The summed E-state index contributed by atoms with van der Waals surface area (Å²) in [7, 11) is 0. The van der Waals surface area contributed by atoms with E-state index in [0.29, 0.717) is 16.5 Å². The van der Waals surface area contributed by atoms with Gasteiger partial charge in [0.1, 0.15) is 17.3 Å². The topological polar surface area (TPSA) is 9.23 Å². The van der Waals surface area contributed by atoms with E-state index in [-0.39, 0.29) is 5.82 Å². The van der Waals surface area contributed by atoms with Crippen LogP contribution in [0, 0.1) is 5.82 Å². The number of benzene rings is 2. The largest absolute Gasteiger partial charge is 0.456 e. The van der Waals surface area contributed by atoms with Crippen molar-refractivity contribution in [2.75, 3.05) is 0 Å². The van der Waals surface area contributed by atoms with Crippen LogP contribution in [0.1, 0.15) is 0 Å². The molecule has 3 heteroatoms. The first kappa shape index (κ1) is 9.99. The van der Waals surface area contributed by atoms with Gasteiger partial charge in [0.25, 0.3) is 0 Å². The van der Waals surface area contributed by atoms with Gasteiger partial charge in [-0.25, -0.2) is 4.39 Å². The highest BCUT2D eigenvalue weighted by Crippen LogP contribution is 2.28. The Morgan fingerprint density at radius 1 is 0.933 bits per heavy atom. The number of rotatable bonds is 2. The van der Waals surface area contributed by atoms with Crippen molar-refractivity contribution in [1.29, 1.82) is 0 Å². The van der Waals surface area contributed by atoms with Gasteiger partial charge < -0.3 is 4.74 Å². The summed E-state index contributed by atoms with van der Waals surface area (Å²) in [5.41, 5.74) is 0. The molecular formula is C12H8ClFO. The van der Waals surface area contributed by atoms with E-state index in [1.54, 1.807) is 24.3 Å². The van der Waals surface area contributed by atoms with E-state index in [2.05, 4.69) is 0 Å². The second-order valence-electron chi connectivity index (χ2n) is 2.99.